The molecule has 0 bridgehead atoms. The molecule has 3 aromatic carbocycles. The van der Waals surface area contributed by atoms with Crippen LogP contribution in [0.3, 0.4) is 0 Å². The number of Topliss-reactive ketones (excluding diaryl/α,β-unsaturated/α-hetero) is 1. The lowest BCUT2D eigenvalue weighted by Gasteiger charge is -2.09. The van der Waals surface area contributed by atoms with Crippen molar-refractivity contribution in [3.8, 4) is 5.75 Å². The zero-order valence-electron chi connectivity index (χ0n) is 17.3. The second kappa shape index (κ2) is 8.30. The fourth-order valence-corrected chi connectivity index (χ4v) is 4.13. The Kier molecular flexibility index (Phi) is 5.19. The van der Waals surface area contributed by atoms with Crippen molar-refractivity contribution in [1.29, 1.82) is 0 Å². The summed E-state index contributed by atoms with van der Waals surface area (Å²) in [5.41, 5.74) is 2.40. The van der Waals surface area contributed by atoms with Crippen LogP contribution >= 0.6 is 0 Å². The van der Waals surface area contributed by atoms with Crippen molar-refractivity contribution in [2.45, 2.75) is 19.3 Å². The van der Waals surface area contributed by atoms with Crippen molar-refractivity contribution in [2.24, 2.45) is 0 Å². The van der Waals surface area contributed by atoms with Crippen LogP contribution in [0.5, 0.6) is 5.75 Å². The van der Waals surface area contributed by atoms with Crippen LogP contribution < -0.4 is 10.4 Å². The first-order chi connectivity index (χ1) is 15.6. The molecule has 6 nitrogen and oxygen atoms in total. The van der Waals surface area contributed by atoms with E-state index in [1.807, 2.05) is 36.4 Å². The third kappa shape index (κ3) is 3.87. The molecular weight excluding hydrogens is 408 g/mol. The smallest absolute Gasteiger partial charge is 0.344 e. The molecule has 0 saturated heterocycles. The molecule has 0 N–H and O–H groups in total. The van der Waals surface area contributed by atoms with Gasteiger partial charge in [-0.1, -0.05) is 36.4 Å². The predicted octanol–water partition coefficient (Wildman–Crippen LogP) is 4.24. The van der Waals surface area contributed by atoms with Crippen molar-refractivity contribution in [1.82, 2.24) is 0 Å². The molecule has 5 rings (SSSR count). The highest BCUT2D eigenvalue weighted by molar-refractivity contribution is 6.01. The molecule has 0 atom stereocenters. The number of esters is 1. The van der Waals surface area contributed by atoms with Gasteiger partial charge in [0.05, 0.1) is 0 Å². The van der Waals surface area contributed by atoms with Gasteiger partial charge < -0.3 is 13.9 Å². The number of carbonyl (C=O) groups is 2. The van der Waals surface area contributed by atoms with Crippen LogP contribution in [0, 0.1) is 0 Å². The quantitative estimate of drug-likeness (QED) is 0.260. The summed E-state index contributed by atoms with van der Waals surface area (Å²) in [4.78, 5) is 36.6. The summed E-state index contributed by atoms with van der Waals surface area (Å²) in [5.74, 6) is -0.559. The number of benzene rings is 3. The highest BCUT2D eigenvalue weighted by Gasteiger charge is 2.20. The maximum Gasteiger partial charge on any atom is 0.344 e. The Labute approximate surface area is 183 Å². The summed E-state index contributed by atoms with van der Waals surface area (Å²) < 4.78 is 16.0. The number of hydrogen-bond acceptors (Lipinski definition) is 6. The molecule has 0 unspecified atom stereocenters. The Morgan fingerprint density at radius 2 is 1.69 bits per heavy atom. The minimum Gasteiger partial charge on any atom is -0.482 e. The molecule has 0 aliphatic heterocycles. The normalized spacial score (nSPS) is 12.6. The fraction of sp³-hybridized carbons (Fsp3) is 0.192. The maximum atomic E-state index is 12.4. The van der Waals surface area contributed by atoms with Gasteiger partial charge in [0.25, 0.3) is 0 Å². The van der Waals surface area contributed by atoms with Gasteiger partial charge >= 0.3 is 11.6 Å². The Balaban J connectivity index is 1.20. The number of rotatable bonds is 6. The lowest BCUT2D eigenvalue weighted by atomic mass is 10.0. The molecule has 1 heterocycles. The fourth-order valence-electron chi connectivity index (χ4n) is 4.13. The summed E-state index contributed by atoms with van der Waals surface area (Å²) in [6, 6.07) is 18.2. The summed E-state index contributed by atoms with van der Waals surface area (Å²) in [6.45, 7) is -0.717. The van der Waals surface area contributed by atoms with Crippen molar-refractivity contribution < 1.29 is 23.5 Å². The van der Waals surface area contributed by atoms with E-state index in [0.29, 0.717) is 16.9 Å². The minimum absolute atomic E-state index is 0.287. The topological polar surface area (TPSA) is 82.8 Å². The Morgan fingerprint density at radius 3 is 2.56 bits per heavy atom. The molecule has 6 heteroatoms. The maximum absolute atomic E-state index is 12.4. The van der Waals surface area contributed by atoms with E-state index >= 15 is 0 Å². The van der Waals surface area contributed by atoms with E-state index in [1.165, 1.54) is 0 Å². The van der Waals surface area contributed by atoms with Gasteiger partial charge in [-0.3, -0.25) is 4.79 Å². The molecule has 0 fully saturated rings. The lowest BCUT2D eigenvalue weighted by Crippen LogP contribution is -2.19. The van der Waals surface area contributed by atoms with E-state index in [2.05, 4.69) is 0 Å². The summed E-state index contributed by atoms with van der Waals surface area (Å²) in [7, 11) is 0. The molecule has 1 aliphatic carbocycles. The summed E-state index contributed by atoms with van der Waals surface area (Å²) in [6.07, 6.45) is 2.55. The summed E-state index contributed by atoms with van der Waals surface area (Å²) in [5, 5.41) is 2.88. The van der Waals surface area contributed by atoms with Crippen molar-refractivity contribution >= 4 is 33.5 Å². The highest BCUT2D eigenvalue weighted by Crippen LogP contribution is 2.29. The van der Waals surface area contributed by atoms with Crippen molar-refractivity contribution in [3.05, 3.63) is 87.8 Å². The monoisotopic (exact) mass is 428 g/mol. The van der Waals surface area contributed by atoms with Gasteiger partial charge in [-0.05, 0) is 53.8 Å². The average Bonchev–Trinajstić information content (AvgIpc) is 3.32. The van der Waals surface area contributed by atoms with Crippen LogP contribution in [0.1, 0.15) is 27.9 Å². The second-order valence-electron chi connectivity index (χ2n) is 7.79. The lowest BCUT2D eigenvalue weighted by molar-refractivity contribution is -0.144. The van der Waals surface area contributed by atoms with Crippen LogP contribution in [0.25, 0.3) is 21.7 Å². The first-order valence-corrected chi connectivity index (χ1v) is 10.5. The van der Waals surface area contributed by atoms with Crippen molar-refractivity contribution in [3.63, 3.8) is 0 Å². The molecule has 4 aromatic rings. The second-order valence-corrected chi connectivity index (χ2v) is 7.79. The highest BCUT2D eigenvalue weighted by atomic mass is 16.6. The zero-order valence-corrected chi connectivity index (χ0v) is 17.3. The van der Waals surface area contributed by atoms with Gasteiger partial charge in [-0.15, -0.1) is 0 Å². The Bertz CT molecular complexity index is 1420. The van der Waals surface area contributed by atoms with E-state index in [9.17, 15) is 14.4 Å². The number of aryl methyl sites for hydroxylation is 1. The largest absolute Gasteiger partial charge is 0.482 e. The molecule has 0 saturated carbocycles. The zero-order chi connectivity index (χ0) is 22.1. The minimum atomic E-state index is -0.658. The molecule has 0 spiro atoms. The van der Waals surface area contributed by atoms with Gasteiger partial charge in [0.15, 0.2) is 19.0 Å². The van der Waals surface area contributed by atoms with E-state index in [-0.39, 0.29) is 24.6 Å². The molecule has 160 valence electrons. The van der Waals surface area contributed by atoms with E-state index in [4.69, 9.17) is 13.9 Å². The molecule has 1 aliphatic rings. The number of carbonyl (C=O) groups excluding carboxylic acids is 2. The van der Waals surface area contributed by atoms with Crippen LogP contribution in [-0.4, -0.2) is 25.0 Å². The van der Waals surface area contributed by atoms with Crippen molar-refractivity contribution in [2.75, 3.05) is 13.2 Å². The first kappa shape index (κ1) is 20.0. The van der Waals surface area contributed by atoms with Crippen LogP contribution in [0.4, 0.5) is 0 Å². The molecular formula is C26H20O6. The Hall–Kier alpha value is -3.93. The number of hydrogen-bond donors (Lipinski definition) is 0. The molecule has 0 radical (unpaired) electrons. The van der Waals surface area contributed by atoms with E-state index in [1.54, 1.807) is 24.3 Å². The number of ketones is 1. The molecule has 0 amide bonds. The van der Waals surface area contributed by atoms with E-state index < -0.39 is 5.97 Å². The number of ether oxygens (including phenoxy) is 2. The Morgan fingerprint density at radius 1 is 0.875 bits per heavy atom. The third-order valence-electron chi connectivity index (χ3n) is 5.74. The van der Waals surface area contributed by atoms with Gasteiger partial charge in [-0.25, -0.2) is 9.59 Å². The van der Waals surface area contributed by atoms with Gasteiger partial charge in [0, 0.05) is 22.6 Å². The molecule has 1 aromatic heterocycles. The van der Waals surface area contributed by atoms with Crippen LogP contribution in [0.15, 0.2) is 69.9 Å². The van der Waals surface area contributed by atoms with Crippen LogP contribution in [-0.2, 0) is 22.4 Å². The van der Waals surface area contributed by atoms with Gasteiger partial charge in [0.1, 0.15) is 11.3 Å². The van der Waals surface area contributed by atoms with Gasteiger partial charge in [-0.2, -0.15) is 0 Å². The SMILES string of the molecule is O=C(COc1ccc2c3c(c(=O)oc2c1)CCC3)OCC(=O)c1ccc2ccccc2c1. The van der Waals surface area contributed by atoms with Gasteiger partial charge in [0.2, 0.25) is 0 Å². The summed E-state index contributed by atoms with van der Waals surface area (Å²) >= 11 is 0. The standard InChI is InChI=1S/C26H20O6/c27-23(18-9-8-16-4-1-2-5-17(16)12-18)14-31-25(28)15-30-19-10-11-21-20-6-3-7-22(20)26(29)32-24(21)13-19/h1-2,4-5,8-13H,3,6-7,14-15H2. The van der Waals surface area contributed by atoms with E-state index in [0.717, 1.165) is 46.5 Å². The predicted molar refractivity (Wildman–Crippen MR) is 119 cm³/mol. The average molecular weight is 428 g/mol. The first-order valence-electron chi connectivity index (χ1n) is 10.5. The van der Waals surface area contributed by atoms with Crippen LogP contribution in [0.2, 0.25) is 0 Å². The third-order valence-corrected chi connectivity index (χ3v) is 5.74. The number of fused-ring (bicyclic) bond motifs is 4. The molecule has 32 heavy (non-hydrogen) atoms.